The molecule has 0 spiro atoms. The van der Waals surface area contributed by atoms with Crippen LogP contribution < -0.4 is 15.5 Å². The number of nitrogens with zero attached hydrogens (tertiary/aromatic N) is 1. The smallest absolute Gasteiger partial charge is 0.229 e. The van der Waals surface area contributed by atoms with Crippen LogP contribution in [0.25, 0.3) is 0 Å². The Hall–Kier alpha value is -2.86. The molecule has 1 unspecified atom stereocenters. The molecule has 0 aliphatic carbocycles. The van der Waals surface area contributed by atoms with E-state index in [0.29, 0.717) is 29.4 Å². The van der Waals surface area contributed by atoms with Crippen LogP contribution in [0.5, 0.6) is 0 Å². The third-order valence-corrected chi connectivity index (χ3v) is 4.99. The minimum absolute atomic E-state index is 0.0943. The lowest BCUT2D eigenvalue weighted by molar-refractivity contribution is -0.122. The molecule has 1 aliphatic rings. The first-order valence-corrected chi connectivity index (χ1v) is 9.52. The lowest BCUT2D eigenvalue weighted by Gasteiger charge is -2.17. The number of anilines is 3. The van der Waals surface area contributed by atoms with Gasteiger partial charge in [-0.2, -0.15) is 0 Å². The summed E-state index contributed by atoms with van der Waals surface area (Å²) in [5.74, 6) is -0.854. The quantitative estimate of drug-likeness (QED) is 0.797. The molecule has 0 saturated carbocycles. The predicted molar refractivity (Wildman–Crippen MR) is 111 cm³/mol. The van der Waals surface area contributed by atoms with Crippen LogP contribution in [0.4, 0.5) is 17.1 Å². The van der Waals surface area contributed by atoms with Crippen LogP contribution in [0.2, 0.25) is 5.02 Å². The van der Waals surface area contributed by atoms with E-state index in [9.17, 15) is 14.4 Å². The first-order chi connectivity index (χ1) is 13.4. The molecule has 6 nitrogen and oxygen atoms in total. The molecule has 1 saturated heterocycles. The molecule has 7 heteroatoms. The van der Waals surface area contributed by atoms with Crippen molar-refractivity contribution < 1.29 is 14.4 Å². The van der Waals surface area contributed by atoms with Crippen molar-refractivity contribution in [3.63, 3.8) is 0 Å². The number of hydrogen-bond acceptors (Lipinski definition) is 3. The summed E-state index contributed by atoms with van der Waals surface area (Å²) in [6, 6.07) is 12.3. The summed E-state index contributed by atoms with van der Waals surface area (Å²) >= 11 is 5.90. The average Bonchev–Trinajstić information content (AvgIpc) is 3.07. The normalized spacial score (nSPS) is 16.2. The number of hydrogen-bond donors (Lipinski definition) is 2. The summed E-state index contributed by atoms with van der Waals surface area (Å²) in [7, 11) is 0. The third-order valence-electron chi connectivity index (χ3n) is 4.73. The first kappa shape index (κ1) is 19.9. The standard InChI is InChI=1S/C21H22ClN3O3/c1-3-19(26)23-16-7-4-13(2)18(11-16)24-21(28)14-10-20(27)25(12-14)17-8-5-15(22)6-9-17/h4-9,11,14H,3,10,12H2,1-2H3,(H,23,26)(H,24,28). The van der Waals surface area contributed by atoms with Crippen molar-refractivity contribution in [2.24, 2.45) is 5.92 Å². The molecule has 3 amide bonds. The van der Waals surface area contributed by atoms with Crippen molar-refractivity contribution in [1.29, 1.82) is 0 Å². The van der Waals surface area contributed by atoms with Crippen molar-refractivity contribution in [3.8, 4) is 0 Å². The Balaban J connectivity index is 1.70. The van der Waals surface area contributed by atoms with Crippen molar-refractivity contribution in [3.05, 3.63) is 53.1 Å². The highest BCUT2D eigenvalue weighted by Gasteiger charge is 2.35. The van der Waals surface area contributed by atoms with Gasteiger partial charge in [0, 0.05) is 41.5 Å². The molecule has 1 atom stereocenters. The van der Waals surface area contributed by atoms with Crippen molar-refractivity contribution >= 4 is 46.4 Å². The van der Waals surface area contributed by atoms with E-state index in [1.165, 1.54) is 0 Å². The number of carbonyl (C=O) groups is 3. The monoisotopic (exact) mass is 399 g/mol. The van der Waals surface area contributed by atoms with Gasteiger partial charge in [-0.05, 0) is 48.9 Å². The van der Waals surface area contributed by atoms with E-state index < -0.39 is 5.92 Å². The van der Waals surface area contributed by atoms with Crippen molar-refractivity contribution in [2.45, 2.75) is 26.7 Å². The van der Waals surface area contributed by atoms with E-state index in [1.54, 1.807) is 48.2 Å². The fourth-order valence-electron chi connectivity index (χ4n) is 3.07. The van der Waals surface area contributed by atoms with E-state index in [-0.39, 0.29) is 24.1 Å². The fraction of sp³-hybridized carbons (Fsp3) is 0.286. The van der Waals surface area contributed by atoms with E-state index in [0.717, 1.165) is 11.3 Å². The van der Waals surface area contributed by atoms with E-state index >= 15 is 0 Å². The molecule has 0 radical (unpaired) electrons. The summed E-state index contributed by atoms with van der Waals surface area (Å²) in [6.45, 7) is 3.97. The Bertz CT molecular complexity index is 912. The van der Waals surface area contributed by atoms with Crippen LogP contribution in [0, 0.1) is 12.8 Å². The van der Waals surface area contributed by atoms with Crippen molar-refractivity contribution in [2.75, 3.05) is 22.1 Å². The van der Waals surface area contributed by atoms with Gasteiger partial charge in [0.25, 0.3) is 0 Å². The molecule has 2 aromatic rings. The van der Waals surface area contributed by atoms with Gasteiger partial charge >= 0.3 is 0 Å². The lowest BCUT2D eigenvalue weighted by Crippen LogP contribution is -2.28. The Morgan fingerprint density at radius 2 is 1.86 bits per heavy atom. The number of halogens is 1. The van der Waals surface area contributed by atoms with Crippen LogP contribution in [0.15, 0.2) is 42.5 Å². The van der Waals surface area contributed by atoms with Gasteiger partial charge in [0.05, 0.1) is 5.92 Å². The number of benzene rings is 2. The molecule has 28 heavy (non-hydrogen) atoms. The average molecular weight is 400 g/mol. The number of aryl methyl sites for hydroxylation is 1. The molecule has 2 N–H and O–H groups in total. The van der Waals surface area contributed by atoms with Crippen LogP contribution in [-0.2, 0) is 14.4 Å². The maximum atomic E-state index is 12.7. The van der Waals surface area contributed by atoms with Crippen LogP contribution in [0.1, 0.15) is 25.3 Å². The molecule has 1 heterocycles. The molecule has 146 valence electrons. The second-order valence-corrected chi connectivity index (χ2v) is 7.24. The van der Waals surface area contributed by atoms with Gasteiger partial charge < -0.3 is 15.5 Å². The second-order valence-electron chi connectivity index (χ2n) is 6.80. The Labute approximate surface area is 168 Å². The minimum Gasteiger partial charge on any atom is -0.326 e. The minimum atomic E-state index is -0.448. The number of amides is 3. The topological polar surface area (TPSA) is 78.5 Å². The second kappa shape index (κ2) is 8.44. The molecule has 3 rings (SSSR count). The van der Waals surface area contributed by atoms with E-state index in [1.807, 2.05) is 13.0 Å². The highest BCUT2D eigenvalue weighted by Crippen LogP contribution is 2.28. The highest BCUT2D eigenvalue weighted by atomic mass is 35.5. The summed E-state index contributed by atoms with van der Waals surface area (Å²) in [5, 5.41) is 6.27. The van der Waals surface area contributed by atoms with Gasteiger partial charge in [0.15, 0.2) is 0 Å². The number of carbonyl (C=O) groups excluding carboxylic acids is 3. The zero-order chi connectivity index (χ0) is 20.3. The van der Waals surface area contributed by atoms with Crippen LogP contribution in [0.3, 0.4) is 0 Å². The molecule has 0 bridgehead atoms. The maximum absolute atomic E-state index is 12.7. The number of rotatable bonds is 5. The number of nitrogens with one attached hydrogen (secondary N) is 2. The SMILES string of the molecule is CCC(=O)Nc1ccc(C)c(NC(=O)C2CC(=O)N(c3ccc(Cl)cc3)C2)c1. The zero-order valence-corrected chi connectivity index (χ0v) is 16.5. The molecular formula is C21H22ClN3O3. The fourth-order valence-corrected chi connectivity index (χ4v) is 3.20. The van der Waals surface area contributed by atoms with Crippen LogP contribution in [-0.4, -0.2) is 24.3 Å². The summed E-state index contributed by atoms with van der Waals surface area (Å²) in [6.07, 6.45) is 0.528. The molecular weight excluding hydrogens is 378 g/mol. The lowest BCUT2D eigenvalue weighted by atomic mass is 10.1. The summed E-state index contributed by atoms with van der Waals surface area (Å²) in [4.78, 5) is 38.3. The molecule has 1 aliphatic heterocycles. The highest BCUT2D eigenvalue weighted by molar-refractivity contribution is 6.30. The van der Waals surface area contributed by atoms with Crippen molar-refractivity contribution in [1.82, 2.24) is 0 Å². The largest absolute Gasteiger partial charge is 0.326 e. The molecule has 2 aromatic carbocycles. The van der Waals surface area contributed by atoms with Gasteiger partial charge in [-0.25, -0.2) is 0 Å². The first-order valence-electron chi connectivity index (χ1n) is 9.14. The predicted octanol–water partition coefficient (Wildman–Crippen LogP) is 3.99. The zero-order valence-electron chi connectivity index (χ0n) is 15.8. The summed E-state index contributed by atoms with van der Waals surface area (Å²) in [5.41, 5.74) is 2.85. The van der Waals surface area contributed by atoms with E-state index in [4.69, 9.17) is 11.6 Å². The molecule has 1 fully saturated rings. The van der Waals surface area contributed by atoms with Crippen LogP contribution >= 0.6 is 11.6 Å². The Morgan fingerprint density at radius 1 is 1.14 bits per heavy atom. The maximum Gasteiger partial charge on any atom is 0.229 e. The Morgan fingerprint density at radius 3 is 2.54 bits per heavy atom. The van der Waals surface area contributed by atoms with Gasteiger partial charge in [-0.3, -0.25) is 14.4 Å². The Kier molecular flexibility index (Phi) is 5.99. The van der Waals surface area contributed by atoms with E-state index in [2.05, 4.69) is 10.6 Å². The molecule has 0 aromatic heterocycles. The van der Waals surface area contributed by atoms with Gasteiger partial charge in [0.1, 0.15) is 0 Å². The van der Waals surface area contributed by atoms with Gasteiger partial charge in [-0.1, -0.05) is 24.6 Å². The summed E-state index contributed by atoms with van der Waals surface area (Å²) < 4.78 is 0. The third kappa shape index (κ3) is 4.51. The van der Waals surface area contributed by atoms with Gasteiger partial charge in [-0.15, -0.1) is 0 Å². The van der Waals surface area contributed by atoms with Gasteiger partial charge in [0.2, 0.25) is 17.7 Å².